The maximum atomic E-state index is 13.6. The van der Waals surface area contributed by atoms with E-state index in [0.717, 1.165) is 6.07 Å². The van der Waals surface area contributed by atoms with Crippen molar-refractivity contribution in [1.82, 2.24) is 0 Å². The van der Waals surface area contributed by atoms with Crippen molar-refractivity contribution in [1.29, 1.82) is 0 Å². The number of hydrogen-bond acceptors (Lipinski definition) is 5. The summed E-state index contributed by atoms with van der Waals surface area (Å²) < 4.78 is 49.7. The molecule has 0 heterocycles. The number of nitrogens with two attached hydrogens (primary N) is 1. The third kappa shape index (κ3) is 4.43. The summed E-state index contributed by atoms with van der Waals surface area (Å²) in [5, 5.41) is 2.08. The van der Waals surface area contributed by atoms with E-state index in [0.29, 0.717) is 6.07 Å². The highest BCUT2D eigenvalue weighted by Crippen LogP contribution is 2.29. The number of esters is 1. The molecule has 0 unspecified atom stereocenters. The van der Waals surface area contributed by atoms with Gasteiger partial charge < -0.3 is 20.5 Å². The molecule has 0 radical (unpaired) electrons. The molecule has 0 aromatic heterocycles. The number of nitrogen functional groups attached to an aromatic ring is 1. The predicted molar refractivity (Wildman–Crippen MR) is 92.2 cm³/mol. The minimum Gasteiger partial charge on any atom is -0.496 e. The van der Waals surface area contributed by atoms with Crippen molar-refractivity contribution in [2.45, 2.75) is 13.0 Å². The quantitative estimate of drug-likeness (QED) is 0.453. The first kappa shape index (κ1) is 20.4. The molecule has 1 atom stereocenters. The zero-order chi connectivity index (χ0) is 20.3. The van der Waals surface area contributed by atoms with Crippen molar-refractivity contribution in [3.63, 3.8) is 0 Å². The number of anilines is 2. The van der Waals surface area contributed by atoms with Gasteiger partial charge in [0.2, 0.25) is 0 Å². The van der Waals surface area contributed by atoms with Crippen molar-refractivity contribution in [2.24, 2.45) is 0 Å². The van der Waals surface area contributed by atoms with Gasteiger partial charge in [0, 0.05) is 6.07 Å². The molecular weight excluding hydrogens is 389 g/mol. The van der Waals surface area contributed by atoms with Crippen molar-refractivity contribution < 1.29 is 32.2 Å². The van der Waals surface area contributed by atoms with Crippen molar-refractivity contribution in [2.75, 3.05) is 18.2 Å². The molecule has 27 heavy (non-hydrogen) atoms. The molecule has 0 aliphatic carbocycles. The van der Waals surface area contributed by atoms with E-state index in [4.69, 9.17) is 26.8 Å². The third-order valence-electron chi connectivity index (χ3n) is 3.48. The summed E-state index contributed by atoms with van der Waals surface area (Å²) in [4.78, 5) is 24.3. The van der Waals surface area contributed by atoms with Gasteiger partial charge in [0.05, 0.1) is 23.5 Å². The number of halogens is 4. The second-order valence-corrected chi connectivity index (χ2v) is 5.74. The number of nitrogens with one attached hydrogen (secondary N) is 1. The van der Waals surface area contributed by atoms with E-state index in [1.165, 1.54) is 26.2 Å². The lowest BCUT2D eigenvalue weighted by Gasteiger charge is -2.16. The summed E-state index contributed by atoms with van der Waals surface area (Å²) in [6.45, 7) is 1.20. The molecule has 0 aliphatic heterocycles. The molecule has 3 N–H and O–H groups in total. The van der Waals surface area contributed by atoms with Gasteiger partial charge >= 0.3 is 5.97 Å². The summed E-state index contributed by atoms with van der Waals surface area (Å²) in [5.41, 5.74) is 5.10. The molecule has 0 spiro atoms. The zero-order valence-corrected chi connectivity index (χ0v) is 14.9. The first-order chi connectivity index (χ1) is 12.6. The second kappa shape index (κ2) is 8.17. The van der Waals surface area contributed by atoms with Crippen LogP contribution >= 0.6 is 11.6 Å². The van der Waals surface area contributed by atoms with E-state index in [1.807, 2.05) is 5.32 Å². The molecule has 10 heteroatoms. The Morgan fingerprint density at radius 3 is 2.48 bits per heavy atom. The van der Waals surface area contributed by atoms with Crippen LogP contribution in [0, 0.1) is 17.5 Å². The number of carbonyl (C=O) groups is 2. The fourth-order valence-electron chi connectivity index (χ4n) is 2.03. The molecule has 2 aromatic carbocycles. The van der Waals surface area contributed by atoms with Crippen LogP contribution in [-0.2, 0) is 9.53 Å². The van der Waals surface area contributed by atoms with Crippen LogP contribution < -0.4 is 15.8 Å². The van der Waals surface area contributed by atoms with Crippen LogP contribution in [0.25, 0.3) is 0 Å². The number of carbonyl (C=O) groups excluding carboxylic acids is 2. The van der Waals surface area contributed by atoms with Gasteiger partial charge in [-0.3, -0.25) is 4.79 Å². The minimum atomic E-state index is -1.74. The van der Waals surface area contributed by atoms with E-state index < -0.39 is 41.1 Å². The molecule has 0 aliphatic rings. The number of methoxy groups -OCH3 is 1. The topological polar surface area (TPSA) is 90.7 Å². The second-order valence-electron chi connectivity index (χ2n) is 5.33. The van der Waals surface area contributed by atoms with E-state index >= 15 is 0 Å². The predicted octanol–water partition coefficient (Wildman–Crippen LogP) is 3.53. The molecule has 0 saturated carbocycles. The highest BCUT2D eigenvalue weighted by atomic mass is 35.5. The van der Waals surface area contributed by atoms with Crippen molar-refractivity contribution in [3.05, 3.63) is 52.3 Å². The Hall–Kier alpha value is -2.94. The Balaban J connectivity index is 2.14. The molecule has 0 bridgehead atoms. The van der Waals surface area contributed by atoms with Gasteiger partial charge in [-0.2, -0.15) is 0 Å². The first-order valence-corrected chi connectivity index (χ1v) is 7.81. The Kier molecular flexibility index (Phi) is 6.17. The zero-order valence-electron chi connectivity index (χ0n) is 14.1. The minimum absolute atomic E-state index is 0.0705. The lowest BCUT2D eigenvalue weighted by Crippen LogP contribution is -2.30. The molecule has 0 saturated heterocycles. The maximum absolute atomic E-state index is 13.6. The number of rotatable bonds is 5. The highest BCUT2D eigenvalue weighted by molar-refractivity contribution is 6.33. The van der Waals surface area contributed by atoms with Gasteiger partial charge in [0.25, 0.3) is 5.91 Å². The largest absolute Gasteiger partial charge is 0.496 e. The maximum Gasteiger partial charge on any atom is 0.342 e. The molecule has 2 rings (SSSR count). The smallest absolute Gasteiger partial charge is 0.342 e. The van der Waals surface area contributed by atoms with E-state index in [1.54, 1.807) is 0 Å². The fourth-order valence-corrected chi connectivity index (χ4v) is 2.20. The Bertz CT molecular complexity index is 908. The van der Waals surface area contributed by atoms with E-state index in [9.17, 15) is 22.8 Å². The first-order valence-electron chi connectivity index (χ1n) is 7.44. The lowest BCUT2D eigenvalue weighted by molar-refractivity contribution is -0.123. The van der Waals surface area contributed by atoms with Crippen molar-refractivity contribution >= 4 is 34.9 Å². The highest BCUT2D eigenvalue weighted by Gasteiger charge is 2.24. The average Bonchev–Trinajstić information content (AvgIpc) is 2.63. The summed E-state index contributed by atoms with van der Waals surface area (Å²) >= 11 is 5.86. The van der Waals surface area contributed by atoms with Crippen LogP contribution in [0.15, 0.2) is 24.3 Å². The van der Waals surface area contributed by atoms with Crippen LogP contribution in [0.5, 0.6) is 5.75 Å². The normalized spacial score (nSPS) is 11.6. The molecular formula is C17H14ClF3N2O4. The van der Waals surface area contributed by atoms with Crippen LogP contribution in [-0.4, -0.2) is 25.1 Å². The van der Waals surface area contributed by atoms with Crippen LogP contribution in [0.3, 0.4) is 0 Å². The standard InChI is InChI=1S/C17H14ClF3N2O4/c1-7(16(24)23-12-4-3-10(19)14(20)15(12)21)27-17(25)8-5-9(18)11(22)6-13(8)26-2/h3-7H,22H2,1-2H3,(H,23,24)/t7-/m1/s1. The van der Waals surface area contributed by atoms with Crippen LogP contribution in [0.1, 0.15) is 17.3 Å². The van der Waals surface area contributed by atoms with Crippen LogP contribution in [0.4, 0.5) is 24.5 Å². The van der Waals surface area contributed by atoms with Crippen molar-refractivity contribution in [3.8, 4) is 5.75 Å². The van der Waals surface area contributed by atoms with Gasteiger partial charge in [0.15, 0.2) is 23.6 Å². The molecule has 0 fully saturated rings. The van der Waals surface area contributed by atoms with E-state index in [2.05, 4.69) is 0 Å². The number of benzene rings is 2. The summed E-state index contributed by atoms with van der Waals surface area (Å²) in [6.07, 6.45) is -1.40. The van der Waals surface area contributed by atoms with Gasteiger partial charge in [0.1, 0.15) is 11.3 Å². The SMILES string of the molecule is COc1cc(N)c(Cl)cc1C(=O)O[C@H](C)C(=O)Nc1ccc(F)c(F)c1F. The number of amides is 1. The Morgan fingerprint density at radius 1 is 1.19 bits per heavy atom. The van der Waals surface area contributed by atoms with Gasteiger partial charge in [-0.25, -0.2) is 18.0 Å². The summed E-state index contributed by atoms with van der Waals surface area (Å²) in [5.74, 6) is -6.57. The molecule has 2 aromatic rings. The Morgan fingerprint density at radius 2 is 1.85 bits per heavy atom. The third-order valence-corrected chi connectivity index (χ3v) is 3.81. The van der Waals surface area contributed by atoms with Gasteiger partial charge in [-0.05, 0) is 25.1 Å². The van der Waals surface area contributed by atoms with Gasteiger partial charge in [-0.15, -0.1) is 0 Å². The van der Waals surface area contributed by atoms with Crippen LogP contribution in [0.2, 0.25) is 5.02 Å². The Labute approximate surface area is 157 Å². The molecule has 1 amide bonds. The molecule has 6 nitrogen and oxygen atoms in total. The number of ether oxygens (including phenoxy) is 2. The van der Waals surface area contributed by atoms with E-state index in [-0.39, 0.29) is 22.0 Å². The summed E-state index contributed by atoms with van der Waals surface area (Å²) in [6, 6.07) is 3.99. The van der Waals surface area contributed by atoms with Gasteiger partial charge in [-0.1, -0.05) is 11.6 Å². The monoisotopic (exact) mass is 402 g/mol. The molecule has 144 valence electrons. The lowest BCUT2D eigenvalue weighted by atomic mass is 10.2. The number of hydrogen-bond donors (Lipinski definition) is 2. The summed E-state index contributed by atoms with van der Waals surface area (Å²) in [7, 11) is 1.29. The average molecular weight is 403 g/mol. The fraction of sp³-hybridized carbons (Fsp3) is 0.176.